The molecule has 1 aromatic carbocycles. The fourth-order valence-electron chi connectivity index (χ4n) is 1.72. The Labute approximate surface area is 93.0 Å². The summed E-state index contributed by atoms with van der Waals surface area (Å²) in [4.78, 5) is 11.4. The molecule has 0 spiro atoms. The molecule has 86 valence electrons. The van der Waals surface area contributed by atoms with E-state index in [0.29, 0.717) is 0 Å². The molecule has 1 aliphatic rings. The lowest BCUT2D eigenvalue weighted by Crippen LogP contribution is -2.48. The van der Waals surface area contributed by atoms with E-state index < -0.39 is 26.2 Å². The van der Waals surface area contributed by atoms with Crippen molar-refractivity contribution >= 4 is 20.6 Å². The first-order valence-corrected chi connectivity index (χ1v) is 6.15. The quantitative estimate of drug-likeness (QED) is 0.705. The molecule has 0 unspecified atom stereocenters. The average molecular weight is 241 g/mol. The van der Waals surface area contributed by atoms with Gasteiger partial charge in [-0.25, -0.2) is 8.42 Å². The molecule has 5 nitrogen and oxygen atoms in total. The van der Waals surface area contributed by atoms with Crippen molar-refractivity contribution < 1.29 is 18.3 Å². The van der Waals surface area contributed by atoms with Crippen LogP contribution >= 0.6 is 0 Å². The highest BCUT2D eigenvalue weighted by molar-refractivity contribution is 8.06. The van der Waals surface area contributed by atoms with Crippen LogP contribution < -0.4 is 5.32 Å². The summed E-state index contributed by atoms with van der Waals surface area (Å²) in [6.07, 6.45) is 0. The van der Waals surface area contributed by atoms with Gasteiger partial charge in [0.25, 0.3) is 5.12 Å². The van der Waals surface area contributed by atoms with Gasteiger partial charge in [0.15, 0.2) is 0 Å². The first-order chi connectivity index (χ1) is 7.27. The molecule has 0 saturated heterocycles. The zero-order chi connectivity index (χ0) is 12.1. The molecule has 0 fully saturated rings. The van der Waals surface area contributed by atoms with Gasteiger partial charge >= 0.3 is 0 Å². The van der Waals surface area contributed by atoms with E-state index in [1.165, 1.54) is 32.0 Å². The zero-order valence-corrected chi connectivity index (χ0v) is 9.63. The molecular formula is C10H11NO4S. The molecule has 1 aromatic rings. The monoisotopic (exact) mass is 241 g/mol. The lowest BCUT2D eigenvalue weighted by molar-refractivity contribution is -0.114. The third kappa shape index (κ3) is 1.30. The molecule has 0 amide bonds. The SMILES string of the molecule is CC1(C)Nc2cccc(O)c2S(=O)(=O)C1=O. The maximum Gasteiger partial charge on any atom is 0.275 e. The standard InChI is InChI=1S/C10H11NO4S/c1-10(2)9(13)16(14,15)8-6(11-10)4-3-5-7(8)12/h3-5,11-12H,1-2H3. The maximum absolute atomic E-state index is 11.9. The minimum absolute atomic E-state index is 0.254. The Morgan fingerprint density at radius 3 is 2.56 bits per heavy atom. The number of phenols is 1. The van der Waals surface area contributed by atoms with Gasteiger partial charge in [0.1, 0.15) is 16.2 Å². The number of benzene rings is 1. The first kappa shape index (κ1) is 10.9. The second-order valence-corrected chi connectivity index (χ2v) is 5.98. The Morgan fingerprint density at radius 1 is 1.31 bits per heavy atom. The zero-order valence-electron chi connectivity index (χ0n) is 8.81. The van der Waals surface area contributed by atoms with Crippen LogP contribution in [-0.4, -0.2) is 24.2 Å². The van der Waals surface area contributed by atoms with Crippen LogP contribution in [0.4, 0.5) is 5.69 Å². The third-order valence-electron chi connectivity index (χ3n) is 2.46. The van der Waals surface area contributed by atoms with Gasteiger partial charge in [0.2, 0.25) is 9.84 Å². The molecule has 0 atom stereocenters. The lowest BCUT2D eigenvalue weighted by atomic mass is 10.1. The van der Waals surface area contributed by atoms with Crippen LogP contribution in [0.25, 0.3) is 0 Å². The van der Waals surface area contributed by atoms with Crippen molar-refractivity contribution in [2.75, 3.05) is 5.32 Å². The van der Waals surface area contributed by atoms with Gasteiger partial charge in [-0.1, -0.05) is 6.07 Å². The molecule has 0 saturated carbocycles. The van der Waals surface area contributed by atoms with E-state index in [9.17, 15) is 18.3 Å². The Kier molecular flexibility index (Phi) is 2.03. The summed E-state index contributed by atoms with van der Waals surface area (Å²) in [5.74, 6) is -0.408. The smallest absolute Gasteiger partial charge is 0.275 e. The number of carbonyl (C=O) groups excluding carboxylic acids is 1. The molecule has 1 heterocycles. The molecule has 2 rings (SSSR count). The van der Waals surface area contributed by atoms with Crippen LogP contribution in [0.1, 0.15) is 13.8 Å². The summed E-state index contributed by atoms with van der Waals surface area (Å²) in [7, 11) is -4.11. The van der Waals surface area contributed by atoms with Crippen LogP contribution in [0.3, 0.4) is 0 Å². The minimum atomic E-state index is -4.11. The van der Waals surface area contributed by atoms with Gasteiger partial charge in [0.05, 0.1) is 5.69 Å². The number of nitrogens with one attached hydrogen (secondary N) is 1. The van der Waals surface area contributed by atoms with E-state index in [4.69, 9.17) is 0 Å². The number of fused-ring (bicyclic) bond motifs is 1. The molecule has 0 aromatic heterocycles. The van der Waals surface area contributed by atoms with Crippen LogP contribution in [-0.2, 0) is 14.6 Å². The summed E-state index contributed by atoms with van der Waals surface area (Å²) in [6.45, 7) is 2.97. The largest absolute Gasteiger partial charge is 0.506 e. The molecule has 0 aliphatic carbocycles. The summed E-state index contributed by atoms with van der Waals surface area (Å²) >= 11 is 0. The second kappa shape index (κ2) is 2.98. The van der Waals surface area contributed by atoms with Crippen LogP contribution in [0.5, 0.6) is 5.75 Å². The summed E-state index contributed by atoms with van der Waals surface area (Å²) in [6, 6.07) is 4.27. The van der Waals surface area contributed by atoms with Gasteiger partial charge in [-0.3, -0.25) is 4.79 Å². The van der Waals surface area contributed by atoms with Crippen molar-refractivity contribution in [3.05, 3.63) is 18.2 Å². The van der Waals surface area contributed by atoms with Crippen molar-refractivity contribution in [2.45, 2.75) is 24.3 Å². The van der Waals surface area contributed by atoms with Crippen molar-refractivity contribution in [3.63, 3.8) is 0 Å². The van der Waals surface area contributed by atoms with Crippen LogP contribution in [0.15, 0.2) is 23.1 Å². The number of aromatic hydroxyl groups is 1. The summed E-state index contributed by atoms with van der Waals surface area (Å²) < 4.78 is 23.8. The van der Waals surface area contributed by atoms with Gasteiger partial charge in [-0.2, -0.15) is 0 Å². The third-order valence-corrected chi connectivity index (χ3v) is 4.43. The van der Waals surface area contributed by atoms with E-state index in [1.807, 2.05) is 0 Å². The average Bonchev–Trinajstić information content (AvgIpc) is 2.13. The Balaban J connectivity index is 2.83. The predicted octanol–water partition coefficient (Wildman–Crippen LogP) is 0.897. The minimum Gasteiger partial charge on any atom is -0.506 e. The fraction of sp³-hybridized carbons (Fsp3) is 0.300. The summed E-state index contributed by atoms with van der Waals surface area (Å²) in [5.41, 5.74) is -0.927. The van der Waals surface area contributed by atoms with E-state index >= 15 is 0 Å². The number of sulfone groups is 1. The van der Waals surface area contributed by atoms with Gasteiger partial charge in [0, 0.05) is 0 Å². The highest BCUT2D eigenvalue weighted by Gasteiger charge is 2.45. The maximum atomic E-state index is 11.9. The number of hydrogen-bond donors (Lipinski definition) is 2. The topological polar surface area (TPSA) is 83.5 Å². The van der Waals surface area contributed by atoms with Crippen molar-refractivity contribution in [2.24, 2.45) is 0 Å². The number of anilines is 1. The highest BCUT2D eigenvalue weighted by Crippen LogP contribution is 2.38. The molecule has 2 N–H and O–H groups in total. The van der Waals surface area contributed by atoms with E-state index in [-0.39, 0.29) is 10.6 Å². The highest BCUT2D eigenvalue weighted by atomic mass is 32.2. The lowest BCUT2D eigenvalue weighted by Gasteiger charge is -2.31. The Morgan fingerprint density at radius 2 is 1.94 bits per heavy atom. The molecule has 1 aliphatic heterocycles. The number of rotatable bonds is 0. The van der Waals surface area contributed by atoms with Gasteiger partial charge in [-0.15, -0.1) is 0 Å². The van der Waals surface area contributed by atoms with Crippen LogP contribution in [0, 0.1) is 0 Å². The van der Waals surface area contributed by atoms with E-state index in [1.54, 1.807) is 0 Å². The Hall–Kier alpha value is -1.56. The fourth-order valence-corrected chi connectivity index (χ4v) is 3.38. The normalized spacial score (nSPS) is 21.0. The first-order valence-electron chi connectivity index (χ1n) is 4.66. The molecular weight excluding hydrogens is 230 g/mol. The number of phenolic OH excluding ortho intramolecular Hbond substituents is 1. The number of carbonyl (C=O) groups is 1. The van der Waals surface area contributed by atoms with E-state index in [2.05, 4.69) is 5.32 Å². The second-order valence-electron chi connectivity index (χ2n) is 4.19. The van der Waals surface area contributed by atoms with Crippen molar-refractivity contribution in [1.29, 1.82) is 0 Å². The molecule has 0 radical (unpaired) electrons. The number of hydrogen-bond acceptors (Lipinski definition) is 5. The van der Waals surface area contributed by atoms with Crippen molar-refractivity contribution in [3.8, 4) is 5.75 Å². The van der Waals surface area contributed by atoms with Gasteiger partial charge < -0.3 is 10.4 Å². The predicted molar refractivity (Wildman–Crippen MR) is 58.0 cm³/mol. The van der Waals surface area contributed by atoms with E-state index in [0.717, 1.165) is 0 Å². The molecule has 16 heavy (non-hydrogen) atoms. The summed E-state index contributed by atoms with van der Waals surface area (Å²) in [5, 5.41) is 11.4. The van der Waals surface area contributed by atoms with Gasteiger partial charge in [-0.05, 0) is 26.0 Å². The molecule has 6 heteroatoms. The molecule has 0 bridgehead atoms. The van der Waals surface area contributed by atoms with Crippen LogP contribution in [0.2, 0.25) is 0 Å². The van der Waals surface area contributed by atoms with Crippen molar-refractivity contribution in [1.82, 2.24) is 0 Å². The Bertz CT molecular complexity index is 574.